The van der Waals surface area contributed by atoms with Crippen molar-refractivity contribution in [3.8, 4) is 16.9 Å². The van der Waals surface area contributed by atoms with Crippen molar-refractivity contribution in [2.24, 2.45) is 0 Å². The van der Waals surface area contributed by atoms with Gasteiger partial charge in [-0.3, -0.25) is 4.79 Å². The molecule has 0 saturated carbocycles. The summed E-state index contributed by atoms with van der Waals surface area (Å²) in [5.74, 6) is -2.31. The number of carbonyl (C=O) groups excluding carboxylic acids is 5. The predicted molar refractivity (Wildman–Crippen MR) is 276 cm³/mol. The molecule has 6 aromatic carbocycles. The lowest BCUT2D eigenvalue weighted by atomic mass is 9.96. The number of alkyl carbamates (subject to hydrolysis) is 3. The number of carboxylic acids is 1. The average Bonchev–Trinajstić information content (AvgIpc) is 3.39. The smallest absolute Gasteiger partial charge is 0.408 e. The van der Waals surface area contributed by atoms with E-state index < -0.39 is 59.9 Å². The van der Waals surface area contributed by atoms with Gasteiger partial charge in [-0.25, -0.2) is 24.0 Å². The van der Waals surface area contributed by atoms with Crippen molar-refractivity contribution in [2.75, 3.05) is 6.54 Å². The van der Waals surface area contributed by atoms with Crippen LogP contribution in [0.3, 0.4) is 0 Å². The van der Waals surface area contributed by atoms with Crippen molar-refractivity contribution in [1.29, 1.82) is 0 Å². The molecule has 16 heteroatoms. The minimum Gasteiger partial charge on any atom is -0.489 e. The minimum atomic E-state index is -1.39. The molecule has 0 aromatic heterocycles. The van der Waals surface area contributed by atoms with Gasteiger partial charge in [0.25, 0.3) is 0 Å². The summed E-state index contributed by atoms with van der Waals surface area (Å²) in [6.45, 7) is 5.30. The average molecular weight is 1010 g/mol. The molecule has 74 heavy (non-hydrogen) atoms. The van der Waals surface area contributed by atoms with E-state index in [1.165, 1.54) is 0 Å². The summed E-state index contributed by atoms with van der Waals surface area (Å²) in [7, 11) is 0. The summed E-state index contributed by atoms with van der Waals surface area (Å²) in [5, 5.41) is 20.9. The van der Waals surface area contributed by atoms with Crippen LogP contribution in [0.1, 0.15) is 67.0 Å². The summed E-state index contributed by atoms with van der Waals surface area (Å²) < 4.78 is 28.1. The number of hydrogen-bond donors (Lipinski definition) is 5. The van der Waals surface area contributed by atoms with Crippen LogP contribution in [0, 0.1) is 0 Å². The zero-order valence-corrected chi connectivity index (χ0v) is 41.6. The molecule has 0 fully saturated rings. The van der Waals surface area contributed by atoms with Gasteiger partial charge in [-0.2, -0.15) is 0 Å². The molecule has 0 spiro atoms. The van der Waals surface area contributed by atoms with Gasteiger partial charge >= 0.3 is 30.2 Å². The third-order valence-corrected chi connectivity index (χ3v) is 11.2. The molecule has 4 amide bonds. The number of carbonyl (C=O) groups is 6. The summed E-state index contributed by atoms with van der Waals surface area (Å²) in [6.07, 6.45) is -2.33. The Balaban J connectivity index is 1.21. The van der Waals surface area contributed by atoms with Gasteiger partial charge in [-0.15, -0.1) is 0 Å². The fourth-order valence-corrected chi connectivity index (χ4v) is 7.52. The molecule has 0 unspecified atom stereocenters. The number of carboxylic acid groups (broad SMARTS) is 1. The maximum Gasteiger partial charge on any atom is 0.408 e. The summed E-state index contributed by atoms with van der Waals surface area (Å²) >= 11 is 0. The molecule has 5 N–H and O–H groups in total. The van der Waals surface area contributed by atoms with Crippen LogP contribution < -0.4 is 26.0 Å². The van der Waals surface area contributed by atoms with Gasteiger partial charge in [0, 0.05) is 19.4 Å². The molecule has 0 radical (unpaired) electrons. The number of aliphatic carboxylic acids is 1. The zero-order chi connectivity index (χ0) is 52.7. The van der Waals surface area contributed by atoms with Gasteiger partial charge in [-0.1, -0.05) is 152 Å². The molecule has 0 aliphatic rings. The molecule has 0 heterocycles. The molecule has 0 aliphatic carbocycles. The SMILES string of the molecule is CC(C)(C)OC(=O)N[C@@H](CCCNC(=O)OCc1ccccc1)C(=O)N[C@@H](Cc1cccc(-c2ccc(OCc3ccccc3)c(C[C@H](NC(=O)OCc3ccccc3)C(=O)O)c2)c1)C(=O)OCc1ccccc1. The fourth-order valence-electron chi connectivity index (χ4n) is 7.52. The molecular formula is C58H62N4O12. The third-order valence-electron chi connectivity index (χ3n) is 11.2. The van der Waals surface area contributed by atoms with Crippen LogP contribution in [0.2, 0.25) is 0 Å². The maximum absolute atomic E-state index is 14.2. The number of hydrogen-bond acceptors (Lipinski definition) is 11. The Hall–Kier alpha value is -8.66. The van der Waals surface area contributed by atoms with E-state index in [-0.39, 0.29) is 58.7 Å². The van der Waals surface area contributed by atoms with Crippen molar-refractivity contribution < 1.29 is 57.6 Å². The first kappa shape index (κ1) is 54.7. The number of rotatable bonds is 24. The minimum absolute atomic E-state index is 0.0393. The number of ether oxygens (including phenoxy) is 5. The first-order valence-corrected chi connectivity index (χ1v) is 24.2. The molecule has 0 bridgehead atoms. The van der Waals surface area contributed by atoms with E-state index in [1.54, 1.807) is 81.4 Å². The lowest BCUT2D eigenvalue weighted by molar-refractivity contribution is -0.149. The maximum atomic E-state index is 14.2. The molecule has 16 nitrogen and oxygen atoms in total. The van der Waals surface area contributed by atoms with Crippen molar-refractivity contribution in [1.82, 2.24) is 21.3 Å². The largest absolute Gasteiger partial charge is 0.489 e. The number of esters is 1. The first-order valence-electron chi connectivity index (χ1n) is 24.2. The zero-order valence-electron chi connectivity index (χ0n) is 41.6. The van der Waals surface area contributed by atoms with Crippen molar-refractivity contribution >= 4 is 36.1 Å². The number of amides is 4. The normalized spacial score (nSPS) is 12.1. The third kappa shape index (κ3) is 18.8. The highest BCUT2D eigenvalue weighted by atomic mass is 16.6. The van der Waals surface area contributed by atoms with Gasteiger partial charge in [0.05, 0.1) is 0 Å². The van der Waals surface area contributed by atoms with Crippen LogP contribution in [-0.4, -0.2) is 71.5 Å². The summed E-state index contributed by atoms with van der Waals surface area (Å²) in [5.41, 5.74) is 4.73. The second-order valence-electron chi connectivity index (χ2n) is 18.3. The quantitative estimate of drug-likeness (QED) is 0.0218. The van der Waals surface area contributed by atoms with Crippen LogP contribution in [0.15, 0.2) is 164 Å². The number of benzene rings is 6. The topological polar surface area (TPSA) is 217 Å². The van der Waals surface area contributed by atoms with Crippen molar-refractivity contribution in [2.45, 2.75) is 96.6 Å². The number of nitrogens with one attached hydrogen (secondary N) is 4. The lowest BCUT2D eigenvalue weighted by Gasteiger charge is -2.25. The monoisotopic (exact) mass is 1010 g/mol. The van der Waals surface area contributed by atoms with Crippen LogP contribution in [0.25, 0.3) is 11.1 Å². The molecule has 386 valence electrons. The molecule has 0 saturated heterocycles. The van der Waals surface area contributed by atoms with E-state index in [2.05, 4.69) is 21.3 Å². The van der Waals surface area contributed by atoms with E-state index in [4.69, 9.17) is 23.7 Å². The second kappa shape index (κ2) is 27.8. The van der Waals surface area contributed by atoms with Gasteiger partial charge in [-0.05, 0) is 90.3 Å². The first-order chi connectivity index (χ1) is 35.7. The highest BCUT2D eigenvalue weighted by molar-refractivity contribution is 5.90. The Morgan fingerprint density at radius 1 is 0.500 bits per heavy atom. The van der Waals surface area contributed by atoms with Crippen LogP contribution in [-0.2, 0) is 72.6 Å². The molecule has 6 aromatic rings. The highest BCUT2D eigenvalue weighted by Gasteiger charge is 2.30. The molecule has 3 atom stereocenters. The predicted octanol–water partition coefficient (Wildman–Crippen LogP) is 9.23. The van der Waals surface area contributed by atoms with E-state index >= 15 is 0 Å². The van der Waals surface area contributed by atoms with E-state index in [0.29, 0.717) is 28.0 Å². The molecular weight excluding hydrogens is 945 g/mol. The Morgan fingerprint density at radius 3 is 1.58 bits per heavy atom. The fraction of sp³-hybridized carbons (Fsp3) is 0.276. The van der Waals surface area contributed by atoms with Gasteiger partial charge in [0.1, 0.15) is 55.9 Å². The Morgan fingerprint density at radius 2 is 1.01 bits per heavy atom. The van der Waals surface area contributed by atoms with E-state index in [0.717, 1.165) is 22.3 Å². The Bertz CT molecular complexity index is 2770. The molecule has 6 rings (SSSR count). The van der Waals surface area contributed by atoms with Crippen molar-refractivity contribution in [3.05, 3.63) is 197 Å². The van der Waals surface area contributed by atoms with E-state index in [1.807, 2.05) is 103 Å². The van der Waals surface area contributed by atoms with Gasteiger partial charge in [0.15, 0.2) is 0 Å². The summed E-state index contributed by atoms with van der Waals surface area (Å²) in [6, 6.07) is 45.5. The summed E-state index contributed by atoms with van der Waals surface area (Å²) in [4.78, 5) is 79.4. The van der Waals surface area contributed by atoms with Crippen LogP contribution >= 0.6 is 0 Å². The standard InChI is InChI=1S/C58H62N4O12/c1-58(2,3)74-57(69)61-48(28-17-31-59-55(67)72-38-42-22-12-6-13-23-42)52(63)60-50(54(66)71-37-41-20-10-5-11-21-41)33-44-26-16-27-45(32-44)46-29-30-51(70-36-40-18-8-4-9-19-40)47(34-46)35-49(53(64)65)62-56(68)73-39-43-24-14-7-15-25-43/h4-16,18-27,29-30,32,34,48-50H,17,28,31,33,35-39H2,1-3H3,(H,59,67)(H,60,63)(H,61,69)(H,62,68)(H,64,65)/t48-,49-,50-/m0/s1. The highest BCUT2D eigenvalue weighted by Crippen LogP contribution is 2.30. The van der Waals surface area contributed by atoms with Crippen molar-refractivity contribution in [3.63, 3.8) is 0 Å². The van der Waals surface area contributed by atoms with E-state index in [9.17, 15) is 33.9 Å². The van der Waals surface area contributed by atoms with Crippen LogP contribution in [0.5, 0.6) is 5.75 Å². The van der Waals surface area contributed by atoms with Gasteiger partial charge < -0.3 is 50.1 Å². The Labute approximate surface area is 430 Å². The van der Waals surface area contributed by atoms with Gasteiger partial charge in [0.2, 0.25) is 5.91 Å². The van der Waals surface area contributed by atoms with Crippen LogP contribution in [0.4, 0.5) is 14.4 Å². The molecule has 0 aliphatic heterocycles. The Kier molecular flexibility index (Phi) is 20.5. The second-order valence-corrected chi connectivity index (χ2v) is 18.3. The lowest BCUT2D eigenvalue weighted by Crippen LogP contribution is -2.53.